The molecule has 2 aliphatic carbocycles. The van der Waals surface area contributed by atoms with Gasteiger partial charge in [-0.1, -0.05) is 49.2 Å². The Kier molecular flexibility index (Phi) is 4.04. The fourth-order valence-electron chi connectivity index (χ4n) is 6.20. The first-order chi connectivity index (χ1) is 12.8. The fourth-order valence-corrected chi connectivity index (χ4v) is 6.20. The van der Waals surface area contributed by atoms with Crippen LogP contribution in [0.3, 0.4) is 0 Å². The van der Waals surface area contributed by atoms with E-state index in [0.717, 1.165) is 18.2 Å². The van der Waals surface area contributed by atoms with Gasteiger partial charge in [0.25, 0.3) is 0 Å². The molecule has 2 aromatic rings. The molecule has 1 saturated heterocycles. The second-order valence-corrected chi connectivity index (χ2v) is 8.51. The van der Waals surface area contributed by atoms with E-state index in [0.29, 0.717) is 11.5 Å². The number of hydrogen-bond acceptors (Lipinski definition) is 2. The van der Waals surface area contributed by atoms with Crippen LogP contribution in [0.2, 0.25) is 0 Å². The molecule has 2 heteroatoms. The molecule has 1 saturated carbocycles. The van der Waals surface area contributed by atoms with Crippen LogP contribution in [0.25, 0.3) is 0 Å². The van der Waals surface area contributed by atoms with Gasteiger partial charge < -0.3 is 4.74 Å². The summed E-state index contributed by atoms with van der Waals surface area (Å²) in [4.78, 5) is 2.79. The van der Waals surface area contributed by atoms with Crippen molar-refractivity contribution in [1.82, 2.24) is 4.90 Å². The lowest BCUT2D eigenvalue weighted by Crippen LogP contribution is -2.60. The molecular formula is C24H29NO. The SMILES string of the molecule is COc1ccc2c(c1)C13CCCCC1C(C2)N(Cc1ccccc1)CC3. The molecule has 1 heterocycles. The molecule has 3 atom stereocenters. The van der Waals surface area contributed by atoms with E-state index in [1.54, 1.807) is 18.2 Å². The Morgan fingerprint density at radius 3 is 2.81 bits per heavy atom. The van der Waals surface area contributed by atoms with E-state index in [-0.39, 0.29) is 0 Å². The summed E-state index contributed by atoms with van der Waals surface area (Å²) in [5, 5.41) is 0. The number of benzene rings is 2. The summed E-state index contributed by atoms with van der Waals surface area (Å²) < 4.78 is 5.58. The first kappa shape index (κ1) is 16.4. The molecule has 2 fully saturated rings. The van der Waals surface area contributed by atoms with Crippen molar-refractivity contribution < 1.29 is 4.74 Å². The van der Waals surface area contributed by atoms with E-state index >= 15 is 0 Å². The Hall–Kier alpha value is -1.80. The van der Waals surface area contributed by atoms with E-state index in [4.69, 9.17) is 4.74 Å². The fraction of sp³-hybridized carbons (Fsp3) is 0.500. The van der Waals surface area contributed by atoms with Crippen molar-refractivity contribution in [2.24, 2.45) is 5.92 Å². The van der Waals surface area contributed by atoms with Crippen molar-refractivity contribution in [2.45, 2.75) is 56.5 Å². The van der Waals surface area contributed by atoms with Gasteiger partial charge in [-0.25, -0.2) is 0 Å². The number of hydrogen-bond donors (Lipinski definition) is 0. The van der Waals surface area contributed by atoms with Gasteiger partial charge in [-0.05, 0) is 67.0 Å². The zero-order chi connectivity index (χ0) is 17.6. The topological polar surface area (TPSA) is 12.5 Å². The first-order valence-electron chi connectivity index (χ1n) is 10.3. The van der Waals surface area contributed by atoms with Crippen molar-refractivity contribution in [3.05, 3.63) is 65.2 Å². The molecule has 26 heavy (non-hydrogen) atoms. The second-order valence-electron chi connectivity index (χ2n) is 8.51. The minimum Gasteiger partial charge on any atom is -0.497 e. The Morgan fingerprint density at radius 1 is 1.08 bits per heavy atom. The monoisotopic (exact) mass is 347 g/mol. The Labute approximate surface area is 157 Å². The van der Waals surface area contributed by atoms with E-state index in [1.165, 1.54) is 50.6 Å². The van der Waals surface area contributed by atoms with Crippen LogP contribution in [-0.2, 0) is 18.4 Å². The number of methoxy groups -OCH3 is 1. The van der Waals surface area contributed by atoms with Crippen LogP contribution in [0.1, 0.15) is 48.8 Å². The van der Waals surface area contributed by atoms with Crippen LogP contribution >= 0.6 is 0 Å². The number of piperidine rings is 1. The van der Waals surface area contributed by atoms with E-state index in [9.17, 15) is 0 Å². The van der Waals surface area contributed by atoms with Crippen molar-refractivity contribution in [3.8, 4) is 5.75 Å². The third kappa shape index (κ3) is 2.50. The molecule has 5 rings (SSSR count). The predicted octanol–water partition coefficient (Wildman–Crippen LogP) is 4.95. The second kappa shape index (κ2) is 6.42. The molecule has 0 spiro atoms. The largest absolute Gasteiger partial charge is 0.497 e. The maximum atomic E-state index is 5.58. The smallest absolute Gasteiger partial charge is 0.119 e. The molecule has 0 radical (unpaired) electrons. The lowest BCUT2D eigenvalue weighted by atomic mass is 9.52. The summed E-state index contributed by atoms with van der Waals surface area (Å²) in [6, 6.07) is 18.6. The summed E-state index contributed by atoms with van der Waals surface area (Å²) in [6.07, 6.45) is 8.07. The lowest BCUT2D eigenvalue weighted by Gasteiger charge is -2.59. The van der Waals surface area contributed by atoms with Crippen molar-refractivity contribution >= 4 is 0 Å². The van der Waals surface area contributed by atoms with Gasteiger partial charge in [0.15, 0.2) is 0 Å². The molecule has 0 amide bonds. The minimum atomic E-state index is 0.401. The zero-order valence-corrected chi connectivity index (χ0v) is 15.8. The molecule has 2 nitrogen and oxygen atoms in total. The average Bonchev–Trinajstić information content (AvgIpc) is 2.70. The van der Waals surface area contributed by atoms with Crippen molar-refractivity contribution in [2.75, 3.05) is 13.7 Å². The van der Waals surface area contributed by atoms with Gasteiger partial charge >= 0.3 is 0 Å². The van der Waals surface area contributed by atoms with Gasteiger partial charge in [-0.3, -0.25) is 4.90 Å². The number of likely N-dealkylation sites (tertiary alicyclic amines) is 1. The zero-order valence-electron chi connectivity index (χ0n) is 15.8. The van der Waals surface area contributed by atoms with Crippen LogP contribution < -0.4 is 4.74 Å². The molecule has 3 aliphatic rings. The Bertz CT molecular complexity index is 786. The van der Waals surface area contributed by atoms with Crippen LogP contribution in [0.5, 0.6) is 5.75 Å². The number of ether oxygens (including phenoxy) is 1. The van der Waals surface area contributed by atoms with E-state index < -0.39 is 0 Å². The van der Waals surface area contributed by atoms with Gasteiger partial charge in [-0.2, -0.15) is 0 Å². The molecule has 1 aliphatic heterocycles. The van der Waals surface area contributed by atoms with E-state index in [1.807, 2.05) is 0 Å². The van der Waals surface area contributed by atoms with Crippen LogP contribution in [-0.4, -0.2) is 24.6 Å². The quantitative estimate of drug-likeness (QED) is 0.778. The van der Waals surface area contributed by atoms with Gasteiger partial charge in [0, 0.05) is 18.0 Å². The van der Waals surface area contributed by atoms with E-state index in [2.05, 4.69) is 53.4 Å². The highest BCUT2D eigenvalue weighted by Crippen LogP contribution is 2.56. The highest BCUT2D eigenvalue weighted by atomic mass is 16.5. The van der Waals surface area contributed by atoms with Crippen molar-refractivity contribution in [3.63, 3.8) is 0 Å². The minimum absolute atomic E-state index is 0.401. The Morgan fingerprint density at radius 2 is 1.96 bits per heavy atom. The maximum Gasteiger partial charge on any atom is 0.119 e. The van der Waals surface area contributed by atoms with Crippen LogP contribution in [0.15, 0.2) is 48.5 Å². The summed E-state index contributed by atoms with van der Waals surface area (Å²) in [6.45, 7) is 2.33. The highest BCUT2D eigenvalue weighted by molar-refractivity contribution is 5.45. The maximum absolute atomic E-state index is 5.58. The Balaban J connectivity index is 1.53. The highest BCUT2D eigenvalue weighted by Gasteiger charge is 2.53. The van der Waals surface area contributed by atoms with Gasteiger partial charge in [0.2, 0.25) is 0 Å². The van der Waals surface area contributed by atoms with Crippen LogP contribution in [0, 0.1) is 5.92 Å². The average molecular weight is 348 g/mol. The molecule has 0 aromatic heterocycles. The summed E-state index contributed by atoms with van der Waals surface area (Å²) in [5.74, 6) is 1.85. The third-order valence-corrected chi connectivity index (χ3v) is 7.39. The van der Waals surface area contributed by atoms with Crippen LogP contribution in [0.4, 0.5) is 0 Å². The molecular weight excluding hydrogens is 318 g/mol. The number of nitrogens with zero attached hydrogens (tertiary/aromatic N) is 1. The van der Waals surface area contributed by atoms with Gasteiger partial charge in [0.1, 0.15) is 5.75 Å². The number of fused-ring (bicyclic) bond motifs is 1. The number of rotatable bonds is 3. The van der Waals surface area contributed by atoms with Gasteiger partial charge in [0.05, 0.1) is 7.11 Å². The van der Waals surface area contributed by atoms with Crippen molar-refractivity contribution in [1.29, 1.82) is 0 Å². The predicted molar refractivity (Wildman–Crippen MR) is 106 cm³/mol. The summed E-state index contributed by atoms with van der Waals surface area (Å²) >= 11 is 0. The summed E-state index contributed by atoms with van der Waals surface area (Å²) in [5.41, 5.74) is 5.05. The standard InChI is InChI=1S/C24H29NO/c1-26-20-11-10-19-15-23-21-9-5-6-12-24(21,22(19)16-20)13-14-25(23)17-18-7-3-2-4-8-18/h2-4,7-8,10-11,16,21,23H,5-6,9,12-15,17H2,1H3. The lowest BCUT2D eigenvalue weighted by molar-refractivity contribution is -0.0157. The first-order valence-corrected chi connectivity index (χ1v) is 10.3. The normalized spacial score (nSPS) is 30.3. The molecule has 0 N–H and O–H groups in total. The molecule has 2 bridgehead atoms. The van der Waals surface area contributed by atoms with Gasteiger partial charge in [-0.15, -0.1) is 0 Å². The molecule has 136 valence electrons. The molecule has 2 aromatic carbocycles. The summed E-state index contributed by atoms with van der Waals surface area (Å²) in [7, 11) is 1.80. The third-order valence-electron chi connectivity index (χ3n) is 7.39. The molecule has 3 unspecified atom stereocenters.